The number of hydrogen-bond donors (Lipinski definition) is 3. The number of carbonyl (C=O) groups excluding carboxylic acids is 4. The molecule has 13 nitrogen and oxygen atoms in total. The topological polar surface area (TPSA) is 164 Å². The van der Waals surface area contributed by atoms with E-state index in [1.807, 2.05) is 6.92 Å². The number of carbonyl (C=O) groups is 4. The number of ether oxygens (including phenoxy) is 2. The molecule has 1 aliphatic rings. The molecule has 4 aromatic rings. The van der Waals surface area contributed by atoms with E-state index in [0.29, 0.717) is 45.6 Å². The highest BCUT2D eigenvalue weighted by Gasteiger charge is 2.30. The van der Waals surface area contributed by atoms with Crippen molar-refractivity contribution in [1.29, 1.82) is 0 Å². The van der Waals surface area contributed by atoms with Gasteiger partial charge in [-0.15, -0.1) is 0 Å². The number of anilines is 2. The predicted octanol–water partition coefficient (Wildman–Crippen LogP) is 4.10. The lowest BCUT2D eigenvalue weighted by Gasteiger charge is -2.24. The van der Waals surface area contributed by atoms with Crippen molar-refractivity contribution in [3.63, 3.8) is 0 Å². The van der Waals surface area contributed by atoms with Crippen LogP contribution in [0, 0.1) is 13.8 Å². The molecule has 3 amide bonds. The highest BCUT2D eigenvalue weighted by atomic mass is 16.7. The molecule has 2 aromatic heterocycles. The van der Waals surface area contributed by atoms with Gasteiger partial charge in [0.05, 0.1) is 17.7 Å². The molecule has 0 bridgehead atoms. The van der Waals surface area contributed by atoms with Crippen molar-refractivity contribution in [1.82, 2.24) is 25.2 Å². The fourth-order valence-electron chi connectivity index (χ4n) is 4.70. The third kappa shape index (κ3) is 7.20. The summed E-state index contributed by atoms with van der Waals surface area (Å²) in [6.45, 7) is 5.23. The van der Waals surface area contributed by atoms with Gasteiger partial charge in [0.25, 0.3) is 11.8 Å². The van der Waals surface area contributed by atoms with E-state index >= 15 is 0 Å². The molecular formula is C32H34N6O7. The minimum atomic E-state index is -0.937. The van der Waals surface area contributed by atoms with Crippen LogP contribution in [0.4, 0.5) is 16.3 Å². The number of nitrogens with one attached hydrogen (secondary N) is 2. The molecule has 45 heavy (non-hydrogen) atoms. The fourth-order valence-corrected chi connectivity index (χ4v) is 4.70. The Kier molecular flexibility index (Phi) is 9.26. The number of phenolic OH excluding ortho intramolecular Hbond substituents is 1. The van der Waals surface area contributed by atoms with E-state index in [1.54, 1.807) is 50.4 Å². The number of rotatable bonds is 11. The van der Waals surface area contributed by atoms with Crippen molar-refractivity contribution in [2.45, 2.75) is 52.5 Å². The van der Waals surface area contributed by atoms with Crippen LogP contribution in [0.15, 0.2) is 55.0 Å². The molecule has 1 fully saturated rings. The lowest BCUT2D eigenvalue weighted by molar-refractivity contribution is -0.150. The Morgan fingerprint density at radius 2 is 1.80 bits per heavy atom. The lowest BCUT2D eigenvalue weighted by Crippen LogP contribution is -2.31. The second-order valence-corrected chi connectivity index (χ2v) is 10.8. The zero-order chi connectivity index (χ0) is 32.1. The van der Waals surface area contributed by atoms with Gasteiger partial charge in [-0.2, -0.15) is 5.10 Å². The molecule has 0 radical (unpaired) electrons. The molecule has 1 aliphatic carbocycles. The minimum absolute atomic E-state index is 0.0660. The van der Waals surface area contributed by atoms with Crippen LogP contribution in [0.5, 0.6) is 5.75 Å². The first kappa shape index (κ1) is 31.0. The number of fused-ring (bicyclic) bond motifs is 1. The Bertz CT molecular complexity index is 1750. The summed E-state index contributed by atoms with van der Waals surface area (Å²) in [4.78, 5) is 57.7. The number of aryl methyl sites for hydroxylation is 2. The normalized spacial score (nSPS) is 12.4. The molecule has 234 valence electrons. The summed E-state index contributed by atoms with van der Waals surface area (Å²) < 4.78 is 12.0. The number of phenols is 1. The summed E-state index contributed by atoms with van der Waals surface area (Å²) in [7, 11) is 0. The zero-order valence-corrected chi connectivity index (χ0v) is 25.2. The monoisotopic (exact) mass is 614 g/mol. The van der Waals surface area contributed by atoms with Crippen molar-refractivity contribution in [3.05, 3.63) is 82.8 Å². The predicted molar refractivity (Wildman–Crippen MR) is 163 cm³/mol. The van der Waals surface area contributed by atoms with Gasteiger partial charge in [0.1, 0.15) is 17.6 Å². The van der Waals surface area contributed by atoms with Crippen LogP contribution in [-0.2, 0) is 20.7 Å². The first-order valence-electron chi connectivity index (χ1n) is 14.6. The van der Waals surface area contributed by atoms with Crippen molar-refractivity contribution in [2.75, 3.05) is 18.2 Å². The molecule has 5 rings (SSSR count). The van der Waals surface area contributed by atoms with E-state index in [0.717, 1.165) is 19.3 Å². The van der Waals surface area contributed by atoms with Gasteiger partial charge in [-0.3, -0.25) is 14.4 Å². The summed E-state index contributed by atoms with van der Waals surface area (Å²) >= 11 is 0. The average Bonchev–Trinajstić information content (AvgIpc) is 3.77. The van der Waals surface area contributed by atoms with E-state index in [9.17, 15) is 24.3 Å². The maximum absolute atomic E-state index is 13.8. The maximum Gasteiger partial charge on any atom is 0.423 e. The van der Waals surface area contributed by atoms with Gasteiger partial charge in [-0.25, -0.2) is 19.2 Å². The quantitative estimate of drug-likeness (QED) is 0.167. The number of aromatic hydroxyl groups is 1. The highest BCUT2D eigenvalue weighted by molar-refractivity contribution is 6.05. The molecule has 1 saturated carbocycles. The number of esters is 1. The molecule has 13 heteroatoms. The third-order valence-corrected chi connectivity index (χ3v) is 7.29. The van der Waals surface area contributed by atoms with E-state index in [4.69, 9.17) is 9.47 Å². The maximum atomic E-state index is 13.8. The van der Waals surface area contributed by atoms with E-state index in [2.05, 4.69) is 20.7 Å². The van der Waals surface area contributed by atoms with E-state index < -0.39 is 18.9 Å². The Morgan fingerprint density at radius 1 is 1.04 bits per heavy atom. The standard InChI is InChI=1S/C32H34N6O7/c1-4-13-33-31(42)25-16-37-28(20(25)3)29(34-17-35-37)38(26-15-22(8-5-19(26)2)30(41)36-23-9-10-23)32(43)45-18-44-27(40)14-21-6-11-24(39)12-7-21/h5-8,11-12,15-17,23,39H,4,9-10,13-14,18H2,1-3H3,(H,33,42)(H,36,41). The Morgan fingerprint density at radius 3 is 2.51 bits per heavy atom. The van der Waals surface area contributed by atoms with Crippen LogP contribution in [0.25, 0.3) is 5.52 Å². The minimum Gasteiger partial charge on any atom is -0.508 e. The second-order valence-electron chi connectivity index (χ2n) is 10.8. The first-order valence-corrected chi connectivity index (χ1v) is 14.6. The van der Waals surface area contributed by atoms with Gasteiger partial charge >= 0.3 is 12.1 Å². The number of aromatic nitrogens is 3. The molecule has 0 atom stereocenters. The number of amides is 3. The molecule has 2 heterocycles. The summed E-state index contributed by atoms with van der Waals surface area (Å²) in [6.07, 6.45) is 4.34. The lowest BCUT2D eigenvalue weighted by atomic mass is 10.1. The molecule has 0 aliphatic heterocycles. The van der Waals surface area contributed by atoms with Gasteiger partial charge < -0.3 is 25.2 Å². The summed E-state index contributed by atoms with van der Waals surface area (Å²) in [5.41, 5.74) is 3.12. The van der Waals surface area contributed by atoms with Crippen LogP contribution in [0.2, 0.25) is 0 Å². The molecular weight excluding hydrogens is 580 g/mol. The molecule has 3 N–H and O–H groups in total. The fraction of sp³-hybridized carbons (Fsp3) is 0.312. The second kappa shape index (κ2) is 13.5. The largest absolute Gasteiger partial charge is 0.508 e. The van der Waals surface area contributed by atoms with Crippen molar-refractivity contribution >= 4 is 40.9 Å². The van der Waals surface area contributed by atoms with Crippen LogP contribution >= 0.6 is 0 Å². The highest BCUT2D eigenvalue weighted by Crippen LogP contribution is 2.34. The summed E-state index contributed by atoms with van der Waals surface area (Å²) in [6, 6.07) is 11.1. The van der Waals surface area contributed by atoms with Crippen LogP contribution in [0.1, 0.15) is 63.6 Å². The third-order valence-electron chi connectivity index (χ3n) is 7.29. The van der Waals surface area contributed by atoms with Gasteiger partial charge in [0.15, 0.2) is 5.82 Å². The summed E-state index contributed by atoms with van der Waals surface area (Å²) in [5.74, 6) is -1.06. The average molecular weight is 615 g/mol. The Balaban J connectivity index is 1.47. The zero-order valence-electron chi connectivity index (χ0n) is 25.2. The first-order chi connectivity index (χ1) is 21.7. The van der Waals surface area contributed by atoms with Crippen molar-refractivity contribution in [2.24, 2.45) is 0 Å². The van der Waals surface area contributed by atoms with Gasteiger partial charge in [-0.1, -0.05) is 25.1 Å². The number of benzene rings is 2. The van der Waals surface area contributed by atoms with E-state index in [-0.39, 0.29) is 35.8 Å². The molecule has 0 saturated heterocycles. The van der Waals surface area contributed by atoms with Crippen molar-refractivity contribution < 1.29 is 33.8 Å². The molecule has 2 aromatic carbocycles. The van der Waals surface area contributed by atoms with E-state index in [1.165, 1.54) is 27.9 Å². The molecule has 0 unspecified atom stereocenters. The Labute approximate surface area is 259 Å². The SMILES string of the molecule is CCCNC(=O)c1cn2ncnc(N(C(=O)OCOC(=O)Cc3ccc(O)cc3)c3cc(C(=O)NC4CC4)ccc3C)c2c1C. The van der Waals surface area contributed by atoms with Gasteiger partial charge in [0.2, 0.25) is 6.79 Å². The van der Waals surface area contributed by atoms with Gasteiger partial charge in [0, 0.05) is 24.3 Å². The smallest absolute Gasteiger partial charge is 0.423 e. The van der Waals surface area contributed by atoms with Crippen LogP contribution in [0.3, 0.4) is 0 Å². The Hall–Kier alpha value is -5.46. The number of nitrogens with zero attached hydrogens (tertiary/aromatic N) is 4. The van der Waals surface area contributed by atoms with Crippen molar-refractivity contribution in [3.8, 4) is 5.75 Å². The number of hydrogen-bond acceptors (Lipinski definition) is 9. The van der Waals surface area contributed by atoms with Crippen LogP contribution in [-0.4, -0.2) is 63.0 Å². The summed E-state index contributed by atoms with van der Waals surface area (Å²) in [5, 5.41) is 19.5. The molecule has 0 spiro atoms. The van der Waals surface area contributed by atoms with Gasteiger partial charge in [-0.05, 0) is 74.1 Å². The van der Waals surface area contributed by atoms with Crippen LogP contribution < -0.4 is 15.5 Å².